The molecule has 76 valence electrons. The van der Waals surface area contributed by atoms with Crippen molar-refractivity contribution in [1.29, 1.82) is 0 Å². The first-order valence-corrected chi connectivity index (χ1v) is 4.53. The van der Waals surface area contributed by atoms with Crippen LogP contribution in [-0.4, -0.2) is 17.6 Å². The number of carbonyl (C=O) groups is 1. The van der Waals surface area contributed by atoms with Crippen molar-refractivity contribution in [3.63, 3.8) is 0 Å². The standard InChI is InChI=1S/C10H14N2O2/c1-2-8-12(11)10(13)14-9-6-4-3-5-7-9/h3-7H,2,8,11H2,1H3. The number of para-hydroxylation sites is 1. The number of hydrazine groups is 1. The van der Waals surface area contributed by atoms with Gasteiger partial charge in [-0.3, -0.25) is 0 Å². The zero-order valence-corrected chi connectivity index (χ0v) is 8.14. The Hall–Kier alpha value is -1.55. The van der Waals surface area contributed by atoms with Crippen molar-refractivity contribution in [2.45, 2.75) is 13.3 Å². The third-order valence-electron chi connectivity index (χ3n) is 1.65. The number of rotatable bonds is 3. The minimum atomic E-state index is -0.530. The Morgan fingerprint density at radius 1 is 1.43 bits per heavy atom. The van der Waals surface area contributed by atoms with Crippen LogP contribution in [0.2, 0.25) is 0 Å². The number of nitrogens with zero attached hydrogens (tertiary/aromatic N) is 1. The summed E-state index contributed by atoms with van der Waals surface area (Å²) in [5.41, 5.74) is 0. The first kappa shape index (κ1) is 10.5. The summed E-state index contributed by atoms with van der Waals surface area (Å²) in [6.07, 6.45) is 0.276. The van der Waals surface area contributed by atoms with E-state index in [4.69, 9.17) is 10.6 Å². The molecule has 14 heavy (non-hydrogen) atoms. The summed E-state index contributed by atoms with van der Waals surface area (Å²) in [6.45, 7) is 2.43. The lowest BCUT2D eigenvalue weighted by Gasteiger charge is -2.14. The smallest absolute Gasteiger partial charge is 0.409 e. The molecule has 0 aliphatic heterocycles. The average Bonchev–Trinajstić information content (AvgIpc) is 2.19. The van der Waals surface area contributed by atoms with Crippen LogP contribution in [0.25, 0.3) is 0 Å². The van der Waals surface area contributed by atoms with Gasteiger partial charge in [-0.05, 0) is 18.6 Å². The van der Waals surface area contributed by atoms with Gasteiger partial charge in [0.15, 0.2) is 0 Å². The Balaban J connectivity index is 2.49. The van der Waals surface area contributed by atoms with Gasteiger partial charge in [-0.1, -0.05) is 25.1 Å². The van der Waals surface area contributed by atoms with E-state index in [2.05, 4.69) is 0 Å². The highest BCUT2D eigenvalue weighted by Gasteiger charge is 2.09. The third-order valence-corrected chi connectivity index (χ3v) is 1.65. The predicted octanol–water partition coefficient (Wildman–Crippen LogP) is 1.77. The second-order valence-corrected chi connectivity index (χ2v) is 2.87. The molecule has 0 aromatic heterocycles. The van der Waals surface area contributed by atoms with Crippen LogP contribution in [0, 0.1) is 0 Å². The van der Waals surface area contributed by atoms with E-state index in [1.165, 1.54) is 0 Å². The first-order chi connectivity index (χ1) is 6.74. The number of benzene rings is 1. The fourth-order valence-electron chi connectivity index (χ4n) is 0.980. The number of amides is 1. The zero-order valence-electron chi connectivity index (χ0n) is 8.14. The molecule has 0 bridgehead atoms. The molecule has 0 radical (unpaired) electrons. The highest BCUT2D eigenvalue weighted by atomic mass is 16.6. The van der Waals surface area contributed by atoms with Gasteiger partial charge in [0.1, 0.15) is 5.75 Å². The summed E-state index contributed by atoms with van der Waals surface area (Å²) >= 11 is 0. The van der Waals surface area contributed by atoms with Crippen molar-refractivity contribution in [3.8, 4) is 5.75 Å². The molecular formula is C10H14N2O2. The van der Waals surface area contributed by atoms with Crippen molar-refractivity contribution in [2.75, 3.05) is 6.54 Å². The molecule has 1 aromatic carbocycles. The molecule has 4 heteroatoms. The highest BCUT2D eigenvalue weighted by Crippen LogP contribution is 2.09. The van der Waals surface area contributed by atoms with Gasteiger partial charge in [0.05, 0.1) is 0 Å². The molecule has 0 spiro atoms. The first-order valence-electron chi connectivity index (χ1n) is 4.53. The lowest BCUT2D eigenvalue weighted by Crippen LogP contribution is -2.39. The highest BCUT2D eigenvalue weighted by molar-refractivity contribution is 5.69. The van der Waals surface area contributed by atoms with Gasteiger partial charge in [-0.15, -0.1) is 0 Å². The van der Waals surface area contributed by atoms with E-state index in [0.29, 0.717) is 12.3 Å². The second kappa shape index (κ2) is 5.24. The molecule has 2 N–H and O–H groups in total. The van der Waals surface area contributed by atoms with Crippen molar-refractivity contribution >= 4 is 6.09 Å². The largest absolute Gasteiger partial charge is 0.429 e. The number of hydrogen-bond acceptors (Lipinski definition) is 3. The van der Waals surface area contributed by atoms with E-state index in [0.717, 1.165) is 11.4 Å². The average molecular weight is 194 g/mol. The maximum atomic E-state index is 11.3. The summed E-state index contributed by atoms with van der Waals surface area (Å²) < 4.78 is 4.99. The van der Waals surface area contributed by atoms with Gasteiger partial charge >= 0.3 is 6.09 Å². The molecule has 1 rings (SSSR count). The Kier molecular flexibility index (Phi) is 3.94. The Labute approximate surface area is 83.2 Å². The molecule has 1 aromatic rings. The van der Waals surface area contributed by atoms with E-state index in [1.54, 1.807) is 24.3 Å². The van der Waals surface area contributed by atoms with Crippen LogP contribution in [-0.2, 0) is 0 Å². The van der Waals surface area contributed by atoms with Gasteiger partial charge in [0.2, 0.25) is 0 Å². The maximum absolute atomic E-state index is 11.3. The van der Waals surface area contributed by atoms with Crippen molar-refractivity contribution in [2.24, 2.45) is 5.84 Å². The summed E-state index contributed by atoms with van der Waals surface area (Å²) in [4.78, 5) is 11.3. The lowest BCUT2D eigenvalue weighted by atomic mass is 10.3. The molecule has 0 aliphatic rings. The summed E-state index contributed by atoms with van der Waals surface area (Å²) in [7, 11) is 0. The normalized spacial score (nSPS) is 9.57. The molecule has 1 amide bonds. The fraction of sp³-hybridized carbons (Fsp3) is 0.300. The Morgan fingerprint density at radius 3 is 2.64 bits per heavy atom. The second-order valence-electron chi connectivity index (χ2n) is 2.87. The van der Waals surface area contributed by atoms with Crippen LogP contribution in [0.5, 0.6) is 5.75 Å². The molecule has 4 nitrogen and oxygen atoms in total. The van der Waals surface area contributed by atoms with Crippen molar-refractivity contribution in [1.82, 2.24) is 5.01 Å². The van der Waals surface area contributed by atoms with Crippen LogP contribution >= 0.6 is 0 Å². The van der Waals surface area contributed by atoms with E-state index in [1.807, 2.05) is 13.0 Å². The van der Waals surface area contributed by atoms with Crippen LogP contribution in [0.3, 0.4) is 0 Å². The number of ether oxygens (including phenoxy) is 1. The maximum Gasteiger partial charge on any atom is 0.429 e. The molecule has 0 unspecified atom stereocenters. The van der Waals surface area contributed by atoms with Crippen LogP contribution < -0.4 is 10.6 Å². The van der Waals surface area contributed by atoms with E-state index >= 15 is 0 Å². The molecule has 0 saturated heterocycles. The summed E-state index contributed by atoms with van der Waals surface area (Å²) in [5.74, 6) is 5.94. The minimum Gasteiger partial charge on any atom is -0.409 e. The molecule has 0 aliphatic carbocycles. The van der Waals surface area contributed by atoms with Crippen molar-refractivity contribution < 1.29 is 9.53 Å². The van der Waals surface area contributed by atoms with E-state index in [9.17, 15) is 4.79 Å². The quantitative estimate of drug-likeness (QED) is 0.453. The van der Waals surface area contributed by atoms with Crippen LogP contribution in [0.1, 0.15) is 13.3 Å². The topological polar surface area (TPSA) is 55.6 Å². The SMILES string of the molecule is CCCN(N)C(=O)Oc1ccccc1. The lowest BCUT2D eigenvalue weighted by molar-refractivity contribution is 0.153. The van der Waals surface area contributed by atoms with E-state index < -0.39 is 6.09 Å². The van der Waals surface area contributed by atoms with Crippen molar-refractivity contribution in [3.05, 3.63) is 30.3 Å². The van der Waals surface area contributed by atoms with Gasteiger partial charge in [-0.25, -0.2) is 15.6 Å². The number of nitrogens with two attached hydrogens (primary N) is 1. The molecule has 0 heterocycles. The Bertz CT molecular complexity index is 287. The van der Waals surface area contributed by atoms with Gasteiger partial charge in [-0.2, -0.15) is 0 Å². The summed E-state index contributed by atoms with van der Waals surface area (Å²) in [5, 5.41) is 1.06. The van der Waals surface area contributed by atoms with Crippen LogP contribution in [0.4, 0.5) is 4.79 Å². The monoisotopic (exact) mass is 194 g/mol. The van der Waals surface area contributed by atoms with Gasteiger partial charge in [0.25, 0.3) is 0 Å². The molecule has 0 atom stereocenters. The van der Waals surface area contributed by atoms with Gasteiger partial charge < -0.3 is 4.74 Å². The Morgan fingerprint density at radius 2 is 2.07 bits per heavy atom. The third kappa shape index (κ3) is 3.06. The zero-order chi connectivity index (χ0) is 10.4. The number of carbonyl (C=O) groups excluding carboxylic acids is 1. The van der Waals surface area contributed by atoms with Crippen LogP contribution in [0.15, 0.2) is 30.3 Å². The molecular weight excluding hydrogens is 180 g/mol. The summed E-state index contributed by atoms with van der Waals surface area (Å²) in [6, 6.07) is 8.85. The molecule has 0 fully saturated rings. The molecule has 0 saturated carbocycles. The fourth-order valence-corrected chi connectivity index (χ4v) is 0.980. The number of hydrogen-bond donors (Lipinski definition) is 1. The minimum absolute atomic E-state index is 0.492. The van der Waals surface area contributed by atoms with E-state index in [-0.39, 0.29) is 0 Å². The van der Waals surface area contributed by atoms with Gasteiger partial charge in [0, 0.05) is 6.54 Å². The predicted molar refractivity (Wildman–Crippen MR) is 53.7 cm³/mol.